The Balaban J connectivity index is 1.51. The number of anilines is 1. The zero-order valence-electron chi connectivity index (χ0n) is 15.9. The van der Waals surface area contributed by atoms with Gasteiger partial charge < -0.3 is 4.57 Å². The fourth-order valence-electron chi connectivity index (χ4n) is 3.69. The first-order valence-corrected chi connectivity index (χ1v) is 9.87. The van der Waals surface area contributed by atoms with E-state index in [1.807, 2.05) is 22.8 Å². The average Bonchev–Trinajstić information content (AvgIpc) is 3.35. The van der Waals surface area contributed by atoms with Crippen molar-refractivity contribution >= 4 is 34.2 Å². The van der Waals surface area contributed by atoms with E-state index in [1.54, 1.807) is 6.33 Å². The third kappa shape index (κ3) is 3.36. The predicted molar refractivity (Wildman–Crippen MR) is 115 cm³/mol. The Morgan fingerprint density at radius 2 is 1.79 bits per heavy atom. The molecule has 1 unspecified atom stereocenters. The van der Waals surface area contributed by atoms with E-state index in [2.05, 4.69) is 63.3 Å². The van der Waals surface area contributed by atoms with Crippen LogP contribution in [0.3, 0.4) is 0 Å². The van der Waals surface area contributed by atoms with E-state index in [0.29, 0.717) is 17.2 Å². The lowest BCUT2D eigenvalue weighted by Crippen LogP contribution is -2.30. The Morgan fingerprint density at radius 1 is 1.00 bits per heavy atom. The van der Waals surface area contributed by atoms with Crippen molar-refractivity contribution in [3.05, 3.63) is 83.5 Å². The molecule has 7 heteroatoms. The standard InChI is InChI=1S/C22H19ClN6/c1-15-7-9-17(10-8-15)29-18(11-19(27-29)16-5-3-2-4-6-16)12-28-14-26-20-21(23)24-13-25-22(20)28/h2-10,13-14,18H,11-12H2,1H3. The Labute approximate surface area is 173 Å². The molecule has 0 amide bonds. The molecule has 3 heterocycles. The summed E-state index contributed by atoms with van der Waals surface area (Å²) >= 11 is 6.17. The molecule has 29 heavy (non-hydrogen) atoms. The van der Waals surface area contributed by atoms with Gasteiger partial charge in [0, 0.05) is 13.0 Å². The quantitative estimate of drug-likeness (QED) is 0.472. The Bertz CT molecular complexity index is 1180. The van der Waals surface area contributed by atoms with Crippen LogP contribution in [0.15, 0.2) is 72.4 Å². The molecule has 0 fully saturated rings. The van der Waals surface area contributed by atoms with Crippen molar-refractivity contribution in [2.24, 2.45) is 5.10 Å². The van der Waals surface area contributed by atoms with Crippen molar-refractivity contribution < 1.29 is 0 Å². The summed E-state index contributed by atoms with van der Waals surface area (Å²) in [6.45, 7) is 2.78. The van der Waals surface area contributed by atoms with Crippen LogP contribution in [0, 0.1) is 6.92 Å². The summed E-state index contributed by atoms with van der Waals surface area (Å²) in [5.41, 5.74) is 5.88. The highest BCUT2D eigenvalue weighted by atomic mass is 35.5. The molecule has 2 aromatic carbocycles. The molecule has 1 aliphatic rings. The summed E-state index contributed by atoms with van der Waals surface area (Å²) in [6.07, 6.45) is 4.08. The first-order chi connectivity index (χ1) is 14.2. The van der Waals surface area contributed by atoms with Crippen LogP contribution in [0.5, 0.6) is 0 Å². The van der Waals surface area contributed by atoms with Crippen molar-refractivity contribution in [1.29, 1.82) is 0 Å². The van der Waals surface area contributed by atoms with Crippen LogP contribution in [0.4, 0.5) is 5.69 Å². The van der Waals surface area contributed by atoms with Crippen molar-refractivity contribution in [3.8, 4) is 0 Å². The number of nitrogens with zero attached hydrogens (tertiary/aromatic N) is 6. The molecular formula is C22H19ClN6. The lowest BCUT2D eigenvalue weighted by molar-refractivity contribution is 0.555. The number of aryl methyl sites for hydroxylation is 1. The van der Waals surface area contributed by atoms with Gasteiger partial charge in [-0.15, -0.1) is 0 Å². The molecule has 0 N–H and O–H groups in total. The number of hydrazone groups is 1. The van der Waals surface area contributed by atoms with Gasteiger partial charge in [0.2, 0.25) is 0 Å². The first kappa shape index (κ1) is 17.8. The minimum atomic E-state index is 0.138. The van der Waals surface area contributed by atoms with Gasteiger partial charge in [-0.05, 0) is 24.6 Å². The van der Waals surface area contributed by atoms with Gasteiger partial charge >= 0.3 is 0 Å². The molecule has 144 valence electrons. The molecule has 1 aliphatic heterocycles. The second kappa shape index (κ2) is 7.29. The number of halogens is 1. The SMILES string of the molecule is Cc1ccc(N2N=C(c3ccccc3)CC2Cn2cnc3c(Cl)ncnc32)cc1. The largest absolute Gasteiger partial charge is 0.313 e. The fourth-order valence-corrected chi connectivity index (χ4v) is 3.87. The highest BCUT2D eigenvalue weighted by Crippen LogP contribution is 2.29. The third-order valence-electron chi connectivity index (χ3n) is 5.17. The van der Waals surface area contributed by atoms with Crippen LogP contribution in [-0.2, 0) is 6.54 Å². The minimum Gasteiger partial charge on any atom is -0.313 e. The van der Waals surface area contributed by atoms with E-state index in [9.17, 15) is 0 Å². The fraction of sp³-hybridized carbons (Fsp3) is 0.182. The molecule has 0 aliphatic carbocycles. The van der Waals surface area contributed by atoms with E-state index < -0.39 is 0 Å². The molecule has 4 aromatic rings. The molecular weight excluding hydrogens is 384 g/mol. The number of hydrogen-bond acceptors (Lipinski definition) is 5. The topological polar surface area (TPSA) is 59.2 Å². The maximum atomic E-state index is 6.17. The van der Waals surface area contributed by atoms with E-state index in [0.717, 1.165) is 29.0 Å². The van der Waals surface area contributed by atoms with Gasteiger partial charge in [0.15, 0.2) is 10.8 Å². The minimum absolute atomic E-state index is 0.138. The molecule has 1 atom stereocenters. The van der Waals surface area contributed by atoms with Crippen LogP contribution in [0.25, 0.3) is 11.2 Å². The zero-order valence-corrected chi connectivity index (χ0v) is 16.7. The Kier molecular flexibility index (Phi) is 4.48. The molecule has 0 bridgehead atoms. The number of imidazole rings is 1. The summed E-state index contributed by atoms with van der Waals surface area (Å²) in [6, 6.07) is 18.9. The monoisotopic (exact) mass is 402 g/mol. The second-order valence-corrected chi connectivity index (χ2v) is 7.54. The van der Waals surface area contributed by atoms with E-state index >= 15 is 0 Å². The number of rotatable bonds is 4. The van der Waals surface area contributed by atoms with Crippen LogP contribution in [0.2, 0.25) is 5.15 Å². The number of benzene rings is 2. The molecule has 0 spiro atoms. The summed E-state index contributed by atoms with van der Waals surface area (Å²) in [4.78, 5) is 12.8. The molecule has 0 saturated carbocycles. The van der Waals surface area contributed by atoms with Gasteiger partial charge in [-0.3, -0.25) is 5.01 Å². The molecule has 5 rings (SSSR count). The lowest BCUT2D eigenvalue weighted by atomic mass is 10.0. The predicted octanol–water partition coefficient (Wildman–Crippen LogP) is 4.47. The lowest BCUT2D eigenvalue weighted by Gasteiger charge is -2.24. The highest BCUT2D eigenvalue weighted by molar-refractivity contribution is 6.33. The molecule has 2 aromatic heterocycles. The number of aromatic nitrogens is 4. The first-order valence-electron chi connectivity index (χ1n) is 9.49. The Hall–Kier alpha value is -3.25. The van der Waals surface area contributed by atoms with Gasteiger partial charge in [-0.1, -0.05) is 59.6 Å². The average molecular weight is 403 g/mol. The van der Waals surface area contributed by atoms with E-state index in [4.69, 9.17) is 16.7 Å². The normalized spacial score (nSPS) is 16.4. The second-order valence-electron chi connectivity index (χ2n) is 7.18. The summed E-state index contributed by atoms with van der Waals surface area (Å²) < 4.78 is 2.03. The van der Waals surface area contributed by atoms with Crippen molar-refractivity contribution in [3.63, 3.8) is 0 Å². The maximum Gasteiger partial charge on any atom is 0.164 e. The zero-order chi connectivity index (χ0) is 19.8. The van der Waals surface area contributed by atoms with Crippen LogP contribution in [0.1, 0.15) is 17.5 Å². The van der Waals surface area contributed by atoms with Gasteiger partial charge in [0.05, 0.1) is 23.8 Å². The van der Waals surface area contributed by atoms with Crippen LogP contribution in [-0.4, -0.2) is 31.3 Å². The van der Waals surface area contributed by atoms with Gasteiger partial charge in [0.25, 0.3) is 0 Å². The molecule has 0 radical (unpaired) electrons. The van der Waals surface area contributed by atoms with Crippen molar-refractivity contribution in [2.45, 2.75) is 25.9 Å². The van der Waals surface area contributed by atoms with E-state index in [-0.39, 0.29) is 6.04 Å². The summed E-state index contributed by atoms with van der Waals surface area (Å²) in [5, 5.41) is 7.45. The van der Waals surface area contributed by atoms with Crippen molar-refractivity contribution in [2.75, 3.05) is 5.01 Å². The smallest absolute Gasteiger partial charge is 0.164 e. The van der Waals surface area contributed by atoms with Crippen molar-refractivity contribution in [1.82, 2.24) is 19.5 Å². The van der Waals surface area contributed by atoms with Gasteiger partial charge in [-0.25, -0.2) is 15.0 Å². The Morgan fingerprint density at radius 3 is 2.59 bits per heavy atom. The van der Waals surface area contributed by atoms with E-state index in [1.165, 1.54) is 11.9 Å². The highest BCUT2D eigenvalue weighted by Gasteiger charge is 2.29. The molecule has 6 nitrogen and oxygen atoms in total. The number of hydrogen-bond donors (Lipinski definition) is 0. The summed E-state index contributed by atoms with van der Waals surface area (Å²) in [7, 11) is 0. The van der Waals surface area contributed by atoms with Gasteiger partial charge in [-0.2, -0.15) is 5.10 Å². The third-order valence-corrected chi connectivity index (χ3v) is 5.45. The molecule has 0 saturated heterocycles. The van der Waals surface area contributed by atoms with Gasteiger partial charge in [0.1, 0.15) is 11.8 Å². The number of fused-ring (bicyclic) bond motifs is 1. The van der Waals surface area contributed by atoms with Crippen LogP contribution < -0.4 is 5.01 Å². The summed E-state index contributed by atoms with van der Waals surface area (Å²) in [5.74, 6) is 0. The maximum absolute atomic E-state index is 6.17. The van der Waals surface area contributed by atoms with Crippen LogP contribution >= 0.6 is 11.6 Å².